The monoisotopic (exact) mass is 1080 g/mol. The lowest BCUT2D eigenvalue weighted by Crippen LogP contribution is -2.20. The van der Waals surface area contributed by atoms with E-state index in [2.05, 4.69) is 302 Å². The Hall–Kier alpha value is -10.6. The Morgan fingerprint density at radius 3 is 1.13 bits per heavy atom. The first-order valence-corrected chi connectivity index (χ1v) is 30.0. The van der Waals surface area contributed by atoms with Gasteiger partial charge >= 0.3 is 0 Å². The summed E-state index contributed by atoms with van der Waals surface area (Å²) >= 11 is 0. The van der Waals surface area contributed by atoms with Crippen molar-refractivity contribution in [3.8, 4) is 50.5 Å². The third-order valence-corrected chi connectivity index (χ3v) is 19.5. The fraction of sp³-hybridized carbons (Fsp3) is 0. The molecule has 0 saturated heterocycles. The fourth-order valence-corrected chi connectivity index (χ4v) is 15.4. The molecule has 0 amide bonds. The van der Waals surface area contributed by atoms with Gasteiger partial charge in [0.25, 0.3) is 0 Å². The predicted octanol–water partition coefficient (Wildman–Crippen LogP) is 19.5. The standard InChI is InChI=1S/C79H49N4P/c1-2-20-59(21-3-1)83-72-28-13-12-27-71(72)80-79(83)57-31-29-50(30-32-57)58-19-14-22-62(49-58)84(60-41-33-55(34-42-60)73-67-45-37-51-15-4-8-23-63(51)75(67)81-76-64-24-9-5-16-52(64)38-46-68(73)76)61-43-35-56(36-44-61)74-69-47-39-53-17-6-10-25-65(53)77(69)82-78-66-26-11-7-18-54(66)40-48-70(74)78/h1-49H. The maximum Gasteiger partial charge on any atom is 0.145 e. The molecule has 0 radical (unpaired) electrons. The summed E-state index contributed by atoms with van der Waals surface area (Å²) in [7, 11) is -1.07. The first kappa shape index (κ1) is 48.1. The lowest BCUT2D eigenvalue weighted by molar-refractivity contribution is 1.10. The third-order valence-electron chi connectivity index (χ3n) is 17.1. The molecule has 0 aliphatic carbocycles. The predicted molar refractivity (Wildman–Crippen MR) is 357 cm³/mol. The van der Waals surface area contributed by atoms with Crippen molar-refractivity contribution < 1.29 is 0 Å². The molecule has 0 bridgehead atoms. The quantitative estimate of drug-likeness (QED) is 0.0865. The summed E-state index contributed by atoms with van der Waals surface area (Å²) in [5, 5.41) is 17.8. The first-order valence-electron chi connectivity index (χ1n) is 28.7. The summed E-state index contributed by atoms with van der Waals surface area (Å²) in [4.78, 5) is 16.2. The highest BCUT2D eigenvalue weighted by Gasteiger charge is 2.23. The maximum atomic E-state index is 5.51. The van der Waals surface area contributed by atoms with Gasteiger partial charge in [0, 0.05) is 65.5 Å². The largest absolute Gasteiger partial charge is 0.292 e. The second-order valence-electron chi connectivity index (χ2n) is 21.9. The third kappa shape index (κ3) is 7.83. The van der Waals surface area contributed by atoms with E-state index in [-0.39, 0.29) is 0 Å². The van der Waals surface area contributed by atoms with Gasteiger partial charge in [0.1, 0.15) is 5.82 Å². The van der Waals surface area contributed by atoms with E-state index in [1.165, 1.54) is 54.1 Å². The highest BCUT2D eigenvalue weighted by molar-refractivity contribution is 7.79. The van der Waals surface area contributed by atoms with Gasteiger partial charge in [-0.1, -0.05) is 267 Å². The molecule has 4 nitrogen and oxygen atoms in total. The SMILES string of the molecule is c1ccc(-n2c(-c3ccc(-c4cccc(P(c5ccc(-c6c7ccc8ccccc8c7nc7c6ccc6ccccc67)cc5)c5ccc(-c6c7ccc8ccccc8c7nc7c6ccc6ccccc67)cc5)c4)cc3)nc3ccccc32)cc1. The van der Waals surface area contributed by atoms with Crippen LogP contribution in [0.1, 0.15) is 0 Å². The summed E-state index contributed by atoms with van der Waals surface area (Å²) in [5.74, 6) is 0.919. The molecule has 3 heterocycles. The Kier molecular flexibility index (Phi) is 11.2. The Morgan fingerprint density at radius 2 is 0.655 bits per heavy atom. The van der Waals surface area contributed by atoms with Crippen molar-refractivity contribution in [1.29, 1.82) is 0 Å². The highest BCUT2D eigenvalue weighted by atomic mass is 31.1. The average Bonchev–Trinajstić information content (AvgIpc) is 1.89. The number of rotatable bonds is 8. The Balaban J connectivity index is 0.822. The van der Waals surface area contributed by atoms with Crippen LogP contribution >= 0.6 is 7.92 Å². The lowest BCUT2D eigenvalue weighted by atomic mass is 9.92. The second kappa shape index (κ2) is 19.5. The Bertz CT molecular complexity index is 5050. The van der Waals surface area contributed by atoms with Gasteiger partial charge in [-0.25, -0.2) is 15.0 Å². The topological polar surface area (TPSA) is 43.6 Å². The van der Waals surface area contributed by atoms with Crippen LogP contribution in [0, 0.1) is 0 Å². The summed E-state index contributed by atoms with van der Waals surface area (Å²) < 4.78 is 2.27. The number of nitrogens with zero attached hydrogens (tertiary/aromatic N) is 4. The highest BCUT2D eigenvalue weighted by Crippen LogP contribution is 2.44. The van der Waals surface area contributed by atoms with E-state index in [0.29, 0.717) is 0 Å². The van der Waals surface area contributed by atoms with Crippen molar-refractivity contribution in [3.05, 3.63) is 297 Å². The minimum atomic E-state index is -1.07. The van der Waals surface area contributed by atoms with E-state index >= 15 is 0 Å². The first-order chi connectivity index (χ1) is 41.6. The summed E-state index contributed by atoms with van der Waals surface area (Å²) in [6, 6.07) is 109. The summed E-state index contributed by atoms with van der Waals surface area (Å²) in [5.41, 5.74) is 15.3. The fourth-order valence-electron chi connectivity index (χ4n) is 13.1. The molecule has 0 saturated carbocycles. The van der Waals surface area contributed by atoms with Gasteiger partial charge < -0.3 is 0 Å². The van der Waals surface area contributed by atoms with E-state index in [1.807, 2.05) is 0 Å². The molecule has 0 unspecified atom stereocenters. The van der Waals surface area contributed by atoms with E-state index in [0.717, 1.165) is 110 Å². The molecule has 0 spiro atoms. The molecule has 14 aromatic carbocycles. The molecule has 0 aliphatic rings. The molecule has 0 fully saturated rings. The smallest absolute Gasteiger partial charge is 0.145 e. The van der Waals surface area contributed by atoms with Gasteiger partial charge in [0.05, 0.1) is 33.1 Å². The molecule has 390 valence electrons. The molecular formula is C79H49N4P. The molecule has 17 rings (SSSR count). The summed E-state index contributed by atoms with van der Waals surface area (Å²) in [6.07, 6.45) is 0. The van der Waals surface area contributed by atoms with E-state index in [4.69, 9.17) is 15.0 Å². The number of hydrogen-bond donors (Lipinski definition) is 0. The summed E-state index contributed by atoms with van der Waals surface area (Å²) in [6.45, 7) is 0. The number of para-hydroxylation sites is 3. The molecule has 0 atom stereocenters. The number of pyridine rings is 2. The zero-order chi connectivity index (χ0) is 55.2. The van der Waals surface area contributed by atoms with Crippen LogP contribution in [-0.4, -0.2) is 19.5 Å². The molecule has 84 heavy (non-hydrogen) atoms. The normalized spacial score (nSPS) is 11.9. The van der Waals surface area contributed by atoms with Crippen LogP contribution in [0.2, 0.25) is 0 Å². The lowest BCUT2D eigenvalue weighted by Gasteiger charge is -2.22. The van der Waals surface area contributed by atoms with Crippen LogP contribution in [0.25, 0.3) is 148 Å². The van der Waals surface area contributed by atoms with Crippen molar-refractivity contribution in [2.45, 2.75) is 0 Å². The van der Waals surface area contributed by atoms with Gasteiger partial charge in [-0.05, 0) is 98.0 Å². The minimum Gasteiger partial charge on any atom is -0.292 e. The van der Waals surface area contributed by atoms with Gasteiger partial charge in [0.2, 0.25) is 0 Å². The molecule has 0 N–H and O–H groups in total. The number of aromatic nitrogens is 4. The number of fused-ring (bicyclic) bond motifs is 13. The zero-order valence-corrected chi connectivity index (χ0v) is 46.4. The Morgan fingerprint density at radius 1 is 0.250 bits per heavy atom. The van der Waals surface area contributed by atoms with Crippen LogP contribution in [0.4, 0.5) is 0 Å². The van der Waals surface area contributed by atoms with E-state index < -0.39 is 7.92 Å². The van der Waals surface area contributed by atoms with Crippen LogP contribution in [0.15, 0.2) is 297 Å². The van der Waals surface area contributed by atoms with E-state index in [9.17, 15) is 0 Å². The molecule has 0 aliphatic heterocycles. The molecular weight excluding hydrogens is 1040 g/mol. The molecule has 5 heteroatoms. The molecule has 3 aromatic heterocycles. The zero-order valence-electron chi connectivity index (χ0n) is 45.5. The van der Waals surface area contributed by atoms with Crippen LogP contribution in [0.5, 0.6) is 0 Å². The van der Waals surface area contributed by atoms with Crippen molar-refractivity contribution in [1.82, 2.24) is 19.5 Å². The van der Waals surface area contributed by atoms with Gasteiger partial charge in [-0.2, -0.15) is 0 Å². The average molecular weight is 1090 g/mol. The van der Waals surface area contributed by atoms with Crippen molar-refractivity contribution in [3.63, 3.8) is 0 Å². The number of hydrogen-bond acceptors (Lipinski definition) is 3. The van der Waals surface area contributed by atoms with Gasteiger partial charge in [-0.3, -0.25) is 4.57 Å². The van der Waals surface area contributed by atoms with Crippen molar-refractivity contribution >= 4 is 122 Å². The number of imidazole rings is 1. The van der Waals surface area contributed by atoms with Crippen molar-refractivity contribution in [2.75, 3.05) is 0 Å². The minimum absolute atomic E-state index is 0.919. The van der Waals surface area contributed by atoms with Crippen LogP contribution in [0.3, 0.4) is 0 Å². The van der Waals surface area contributed by atoms with E-state index in [1.54, 1.807) is 0 Å². The van der Waals surface area contributed by atoms with Gasteiger partial charge in [0.15, 0.2) is 0 Å². The maximum absolute atomic E-state index is 5.51. The van der Waals surface area contributed by atoms with Crippen molar-refractivity contribution in [2.24, 2.45) is 0 Å². The second-order valence-corrected chi connectivity index (χ2v) is 24.1. The Labute approximate surface area is 486 Å². The number of benzene rings is 14. The molecule has 17 aromatic rings. The van der Waals surface area contributed by atoms with Gasteiger partial charge in [-0.15, -0.1) is 0 Å². The van der Waals surface area contributed by atoms with Crippen LogP contribution < -0.4 is 15.9 Å². The van der Waals surface area contributed by atoms with Crippen LogP contribution in [-0.2, 0) is 0 Å².